The predicted octanol–water partition coefficient (Wildman–Crippen LogP) is 3.16. The van der Waals surface area contributed by atoms with Crippen LogP contribution in [-0.2, 0) is 14.8 Å². The van der Waals surface area contributed by atoms with Gasteiger partial charge in [0.2, 0.25) is 15.9 Å². The van der Waals surface area contributed by atoms with Crippen LogP contribution in [0.4, 0.5) is 5.69 Å². The number of aromatic nitrogens is 2. The molecule has 0 atom stereocenters. The summed E-state index contributed by atoms with van der Waals surface area (Å²) in [6.07, 6.45) is 0. The molecule has 1 heterocycles. The third kappa shape index (κ3) is 5.30. The number of hydrogen-bond acceptors (Lipinski definition) is 6. The van der Waals surface area contributed by atoms with Crippen molar-refractivity contribution in [2.45, 2.75) is 44.7 Å². The predicted molar refractivity (Wildman–Crippen MR) is 112 cm³/mol. The number of rotatable bonds is 8. The number of amides is 1. The van der Waals surface area contributed by atoms with Crippen LogP contribution in [0, 0.1) is 20.8 Å². The molecule has 0 fully saturated rings. The van der Waals surface area contributed by atoms with Gasteiger partial charge in [-0.05, 0) is 50.6 Å². The highest BCUT2D eigenvalue weighted by molar-refractivity contribution is 7.99. The number of hydrogen-bond donors (Lipinski definition) is 1. The molecule has 2 rings (SSSR count). The lowest BCUT2D eigenvalue weighted by atomic mass is 10.2. The summed E-state index contributed by atoms with van der Waals surface area (Å²) < 4.78 is 26.4. The highest BCUT2D eigenvalue weighted by Gasteiger charge is 2.21. The molecule has 7 nitrogen and oxygen atoms in total. The van der Waals surface area contributed by atoms with Crippen LogP contribution in [0.2, 0.25) is 0 Å². The summed E-state index contributed by atoms with van der Waals surface area (Å²) in [6.45, 7) is 10.2. The fraction of sp³-hybridized carbons (Fsp3) is 0.421. The van der Waals surface area contributed by atoms with Gasteiger partial charge in [0.05, 0.1) is 10.6 Å². The number of nitrogens with one attached hydrogen (secondary N) is 1. The molecule has 0 aliphatic rings. The topological polar surface area (TPSA) is 92.3 Å². The number of aryl methyl sites for hydroxylation is 2. The molecule has 0 bridgehead atoms. The van der Waals surface area contributed by atoms with Crippen LogP contribution in [0.5, 0.6) is 0 Å². The minimum atomic E-state index is -3.50. The number of carbonyl (C=O) groups is 1. The monoisotopic (exact) mass is 422 g/mol. The molecular weight excluding hydrogens is 396 g/mol. The zero-order chi connectivity index (χ0) is 20.9. The van der Waals surface area contributed by atoms with Crippen LogP contribution in [0.1, 0.15) is 30.8 Å². The van der Waals surface area contributed by atoms with Crippen molar-refractivity contribution in [2.24, 2.45) is 0 Å². The minimum absolute atomic E-state index is 0.168. The normalized spacial score (nSPS) is 11.6. The van der Waals surface area contributed by atoms with Gasteiger partial charge in [0, 0.05) is 30.2 Å². The molecule has 1 N–H and O–H groups in total. The third-order valence-electron chi connectivity index (χ3n) is 4.43. The van der Waals surface area contributed by atoms with Crippen molar-refractivity contribution in [2.75, 3.05) is 24.2 Å². The molecule has 0 radical (unpaired) electrons. The molecule has 152 valence electrons. The van der Waals surface area contributed by atoms with E-state index in [1.807, 2.05) is 20.8 Å². The van der Waals surface area contributed by atoms with Crippen molar-refractivity contribution in [3.05, 3.63) is 41.2 Å². The van der Waals surface area contributed by atoms with Crippen LogP contribution in [0.15, 0.2) is 34.3 Å². The molecule has 0 aliphatic heterocycles. The van der Waals surface area contributed by atoms with E-state index in [0.717, 1.165) is 17.0 Å². The first kappa shape index (κ1) is 22.3. The first-order chi connectivity index (χ1) is 13.2. The third-order valence-corrected chi connectivity index (χ3v) is 7.34. The molecule has 0 aliphatic carbocycles. The van der Waals surface area contributed by atoms with Crippen molar-refractivity contribution in [3.63, 3.8) is 0 Å². The molecule has 28 heavy (non-hydrogen) atoms. The molecule has 9 heteroatoms. The van der Waals surface area contributed by atoms with E-state index in [1.54, 1.807) is 26.0 Å². The van der Waals surface area contributed by atoms with E-state index in [9.17, 15) is 13.2 Å². The van der Waals surface area contributed by atoms with Crippen LogP contribution >= 0.6 is 11.8 Å². The summed E-state index contributed by atoms with van der Waals surface area (Å²) in [5.41, 5.74) is 3.40. The lowest BCUT2D eigenvalue weighted by Crippen LogP contribution is -2.30. The van der Waals surface area contributed by atoms with E-state index in [0.29, 0.717) is 23.9 Å². The highest BCUT2D eigenvalue weighted by atomic mass is 32.2. The van der Waals surface area contributed by atoms with Gasteiger partial charge in [0.25, 0.3) is 0 Å². The van der Waals surface area contributed by atoms with E-state index >= 15 is 0 Å². The second-order valence-corrected chi connectivity index (χ2v) is 9.13. The van der Waals surface area contributed by atoms with Gasteiger partial charge in [0.1, 0.15) is 0 Å². The van der Waals surface area contributed by atoms with Gasteiger partial charge in [-0.1, -0.05) is 25.6 Å². The number of nitrogens with zero attached hydrogens (tertiary/aromatic N) is 3. The molecule has 0 saturated heterocycles. The summed E-state index contributed by atoms with van der Waals surface area (Å²) in [5, 5.41) is 3.33. The minimum Gasteiger partial charge on any atom is -0.325 e. The van der Waals surface area contributed by atoms with E-state index in [1.165, 1.54) is 28.2 Å². The van der Waals surface area contributed by atoms with Gasteiger partial charge in [-0.25, -0.2) is 18.4 Å². The van der Waals surface area contributed by atoms with Crippen LogP contribution in [0.3, 0.4) is 0 Å². The van der Waals surface area contributed by atoms with Crippen molar-refractivity contribution in [3.8, 4) is 0 Å². The van der Waals surface area contributed by atoms with Crippen LogP contribution < -0.4 is 5.32 Å². The summed E-state index contributed by atoms with van der Waals surface area (Å²) in [7, 11) is -3.50. The quantitative estimate of drug-likeness (QED) is 0.519. The standard InChI is InChI=1S/C19H26N4O3S2/c1-6-23(7-2)28(25,26)17-10-8-16(9-11-17)22-18(24)12-27-19-20-14(4)13(3)15(5)21-19/h8-11H,6-7,12H2,1-5H3,(H,22,24). The summed E-state index contributed by atoms with van der Waals surface area (Å²) in [6, 6.07) is 6.20. The van der Waals surface area contributed by atoms with E-state index < -0.39 is 10.0 Å². The number of carbonyl (C=O) groups excluding carboxylic acids is 1. The number of sulfonamides is 1. The molecule has 0 spiro atoms. The maximum Gasteiger partial charge on any atom is 0.243 e. The smallest absolute Gasteiger partial charge is 0.243 e. The van der Waals surface area contributed by atoms with Crippen molar-refractivity contribution >= 4 is 33.4 Å². The molecule has 2 aromatic rings. The summed E-state index contributed by atoms with van der Waals surface area (Å²) >= 11 is 1.27. The number of thioether (sulfide) groups is 1. The second-order valence-electron chi connectivity index (χ2n) is 6.25. The molecule has 1 aromatic carbocycles. The van der Waals surface area contributed by atoms with Crippen LogP contribution in [0.25, 0.3) is 0 Å². The first-order valence-corrected chi connectivity index (χ1v) is 11.5. The van der Waals surface area contributed by atoms with E-state index in [4.69, 9.17) is 0 Å². The lowest BCUT2D eigenvalue weighted by Gasteiger charge is -2.18. The van der Waals surface area contributed by atoms with Gasteiger partial charge >= 0.3 is 0 Å². The van der Waals surface area contributed by atoms with E-state index in [2.05, 4.69) is 15.3 Å². The van der Waals surface area contributed by atoms with E-state index in [-0.39, 0.29) is 16.6 Å². The van der Waals surface area contributed by atoms with Crippen LogP contribution in [-0.4, -0.2) is 47.4 Å². The Kier molecular flexibility index (Phi) is 7.56. The molecule has 0 saturated carbocycles. The average molecular weight is 423 g/mol. The molecule has 1 amide bonds. The van der Waals surface area contributed by atoms with Crippen molar-refractivity contribution in [1.29, 1.82) is 0 Å². The zero-order valence-corrected chi connectivity index (χ0v) is 18.4. The van der Waals surface area contributed by atoms with Gasteiger partial charge in [-0.15, -0.1) is 0 Å². The Bertz CT molecular complexity index is 917. The summed E-state index contributed by atoms with van der Waals surface area (Å²) in [4.78, 5) is 21.2. The largest absolute Gasteiger partial charge is 0.325 e. The number of benzene rings is 1. The fourth-order valence-corrected chi connectivity index (χ4v) is 4.75. The molecule has 0 unspecified atom stereocenters. The Morgan fingerprint density at radius 2 is 1.57 bits per heavy atom. The second kappa shape index (κ2) is 9.49. The first-order valence-electron chi connectivity index (χ1n) is 9.03. The number of anilines is 1. The SMILES string of the molecule is CCN(CC)S(=O)(=O)c1ccc(NC(=O)CSc2nc(C)c(C)c(C)n2)cc1. The van der Waals surface area contributed by atoms with Gasteiger partial charge in [-0.2, -0.15) is 4.31 Å². The Hall–Kier alpha value is -1.97. The molecule has 1 aromatic heterocycles. The summed E-state index contributed by atoms with van der Waals surface area (Å²) in [5.74, 6) is -0.0367. The maximum absolute atomic E-state index is 12.5. The van der Waals surface area contributed by atoms with Gasteiger partial charge in [0.15, 0.2) is 5.16 Å². The molecular formula is C19H26N4O3S2. The zero-order valence-electron chi connectivity index (χ0n) is 16.8. The Morgan fingerprint density at radius 1 is 1.04 bits per heavy atom. The Morgan fingerprint density at radius 3 is 2.07 bits per heavy atom. The van der Waals surface area contributed by atoms with Crippen molar-refractivity contribution in [1.82, 2.24) is 14.3 Å². The van der Waals surface area contributed by atoms with Gasteiger partial charge < -0.3 is 5.32 Å². The maximum atomic E-state index is 12.5. The highest BCUT2D eigenvalue weighted by Crippen LogP contribution is 2.20. The average Bonchev–Trinajstić information content (AvgIpc) is 2.65. The van der Waals surface area contributed by atoms with Crippen molar-refractivity contribution < 1.29 is 13.2 Å². The Labute approximate surface area is 171 Å². The lowest BCUT2D eigenvalue weighted by molar-refractivity contribution is -0.113. The van der Waals surface area contributed by atoms with Gasteiger partial charge in [-0.3, -0.25) is 4.79 Å². The Balaban J connectivity index is 1.99. The fourth-order valence-electron chi connectivity index (χ4n) is 2.56.